The van der Waals surface area contributed by atoms with E-state index < -0.39 is 7.60 Å². The van der Waals surface area contributed by atoms with Crippen LogP contribution >= 0.6 is 7.60 Å². The molecule has 5 nitrogen and oxygen atoms in total. The van der Waals surface area contributed by atoms with Crippen molar-refractivity contribution in [1.82, 2.24) is 0 Å². The lowest BCUT2D eigenvalue weighted by Crippen LogP contribution is -2.04. The van der Waals surface area contributed by atoms with Gasteiger partial charge in [0, 0.05) is 0 Å². The van der Waals surface area contributed by atoms with E-state index >= 15 is 0 Å². The molecule has 0 radical (unpaired) electrons. The molecule has 0 spiro atoms. The molecular formula is C18H38NO4P. The van der Waals surface area contributed by atoms with Gasteiger partial charge < -0.3 is 14.3 Å². The zero-order valence-electron chi connectivity index (χ0n) is 16.1. The van der Waals surface area contributed by atoms with E-state index in [4.69, 9.17) is 14.3 Å². The first-order valence-corrected chi connectivity index (χ1v) is 11.2. The summed E-state index contributed by atoms with van der Waals surface area (Å²) in [4.78, 5) is 0. The van der Waals surface area contributed by atoms with Gasteiger partial charge in [-0.15, -0.1) is 5.16 Å². The summed E-state index contributed by atoms with van der Waals surface area (Å²) in [5.41, 5.74) is 0. The highest BCUT2D eigenvalue weighted by Gasteiger charge is 2.23. The largest absolute Gasteiger partial charge is 0.411 e. The summed E-state index contributed by atoms with van der Waals surface area (Å²) in [6.07, 6.45) is 9.88. The highest BCUT2D eigenvalue weighted by atomic mass is 31.2. The summed E-state index contributed by atoms with van der Waals surface area (Å²) < 4.78 is 23.6. The fourth-order valence-corrected chi connectivity index (χ4v) is 3.72. The quantitative estimate of drug-likeness (QED) is 0.118. The van der Waals surface area contributed by atoms with Crippen molar-refractivity contribution >= 4 is 13.8 Å². The average Bonchev–Trinajstić information content (AvgIpc) is 2.52. The Labute approximate surface area is 148 Å². The second-order valence-corrected chi connectivity index (χ2v) is 9.35. The van der Waals surface area contributed by atoms with Crippen LogP contribution in [0.3, 0.4) is 0 Å². The molecule has 0 fully saturated rings. The first-order chi connectivity index (χ1) is 11.4. The zero-order chi connectivity index (χ0) is 18.3. The van der Waals surface area contributed by atoms with Crippen molar-refractivity contribution < 1.29 is 18.8 Å². The summed E-state index contributed by atoms with van der Waals surface area (Å²) in [5, 5.41) is 11.5. The molecule has 0 aliphatic heterocycles. The van der Waals surface area contributed by atoms with Gasteiger partial charge in [0.05, 0.1) is 25.6 Å². The van der Waals surface area contributed by atoms with E-state index in [2.05, 4.69) is 32.9 Å². The molecule has 0 heterocycles. The number of rotatable bonds is 16. The molecule has 0 unspecified atom stereocenters. The molecule has 0 atom stereocenters. The topological polar surface area (TPSA) is 68.1 Å². The Morgan fingerprint density at radius 3 is 1.71 bits per heavy atom. The molecular weight excluding hydrogens is 325 g/mol. The minimum absolute atomic E-state index is 0.0293. The summed E-state index contributed by atoms with van der Waals surface area (Å²) in [6, 6.07) is 0. The number of nitrogens with zero attached hydrogens (tertiary/aromatic N) is 1. The molecule has 0 saturated carbocycles. The Bertz CT molecular complexity index is 335. The Kier molecular flexibility index (Phi) is 14.7. The Morgan fingerprint density at radius 2 is 1.33 bits per heavy atom. The second-order valence-electron chi connectivity index (χ2n) is 7.24. The van der Waals surface area contributed by atoms with E-state index in [-0.39, 0.29) is 6.16 Å². The maximum absolute atomic E-state index is 12.6. The van der Waals surface area contributed by atoms with Crippen LogP contribution in [0, 0.1) is 11.8 Å². The SMILES string of the molecule is CC(C)CCCCCOP(=O)(CC=NO)OCCCCCC(C)C. The predicted molar refractivity (Wildman–Crippen MR) is 101 cm³/mol. The molecule has 0 aromatic carbocycles. The maximum Gasteiger partial charge on any atom is 0.336 e. The molecule has 24 heavy (non-hydrogen) atoms. The van der Waals surface area contributed by atoms with Crippen LogP contribution in [0.1, 0.15) is 79.1 Å². The van der Waals surface area contributed by atoms with Gasteiger partial charge in [0.25, 0.3) is 0 Å². The third-order valence-electron chi connectivity index (χ3n) is 3.81. The summed E-state index contributed by atoms with van der Waals surface area (Å²) >= 11 is 0. The van der Waals surface area contributed by atoms with Crippen LogP contribution in [0.25, 0.3) is 0 Å². The van der Waals surface area contributed by atoms with Crippen molar-refractivity contribution in [2.75, 3.05) is 19.4 Å². The lowest BCUT2D eigenvalue weighted by molar-refractivity contribution is 0.200. The molecule has 6 heteroatoms. The van der Waals surface area contributed by atoms with E-state index in [1.807, 2.05) is 0 Å². The molecule has 0 saturated heterocycles. The van der Waals surface area contributed by atoms with Crippen molar-refractivity contribution in [2.24, 2.45) is 17.0 Å². The summed E-state index contributed by atoms with van der Waals surface area (Å²) in [5.74, 6) is 1.44. The van der Waals surface area contributed by atoms with Gasteiger partial charge in [-0.25, -0.2) is 0 Å². The Hall–Kier alpha value is -0.380. The monoisotopic (exact) mass is 363 g/mol. The van der Waals surface area contributed by atoms with Gasteiger partial charge in [-0.1, -0.05) is 66.2 Å². The molecule has 0 aromatic rings. The van der Waals surface area contributed by atoms with Crippen molar-refractivity contribution in [3.05, 3.63) is 0 Å². The highest BCUT2D eigenvalue weighted by molar-refractivity contribution is 7.54. The van der Waals surface area contributed by atoms with Crippen LogP contribution in [0.5, 0.6) is 0 Å². The first kappa shape index (κ1) is 23.6. The van der Waals surface area contributed by atoms with Crippen LogP contribution in [-0.2, 0) is 13.6 Å². The Morgan fingerprint density at radius 1 is 0.875 bits per heavy atom. The van der Waals surface area contributed by atoms with Crippen LogP contribution in [-0.4, -0.2) is 30.8 Å². The van der Waals surface area contributed by atoms with Gasteiger partial charge in [0.1, 0.15) is 0 Å². The van der Waals surface area contributed by atoms with E-state index in [1.165, 1.54) is 31.9 Å². The van der Waals surface area contributed by atoms with Gasteiger partial charge in [-0.2, -0.15) is 0 Å². The minimum atomic E-state index is -3.18. The van der Waals surface area contributed by atoms with Gasteiger partial charge >= 0.3 is 7.60 Å². The van der Waals surface area contributed by atoms with Gasteiger partial charge in [0.15, 0.2) is 0 Å². The molecule has 0 bridgehead atoms. The fourth-order valence-electron chi connectivity index (χ4n) is 2.35. The summed E-state index contributed by atoms with van der Waals surface area (Å²) in [7, 11) is -3.18. The van der Waals surface area contributed by atoms with Gasteiger partial charge in [0.2, 0.25) is 0 Å². The molecule has 0 aliphatic rings. The molecule has 0 aromatic heterocycles. The number of hydrogen-bond acceptors (Lipinski definition) is 5. The summed E-state index contributed by atoms with van der Waals surface area (Å²) in [6.45, 7) is 9.73. The van der Waals surface area contributed by atoms with Gasteiger partial charge in [-0.05, 0) is 24.7 Å². The normalized spacial score (nSPS) is 12.8. The van der Waals surface area contributed by atoms with E-state index in [1.54, 1.807) is 0 Å². The molecule has 0 amide bonds. The van der Waals surface area contributed by atoms with Crippen LogP contribution in [0.4, 0.5) is 0 Å². The molecule has 1 N–H and O–H groups in total. The zero-order valence-corrected chi connectivity index (χ0v) is 17.0. The highest BCUT2D eigenvalue weighted by Crippen LogP contribution is 2.47. The van der Waals surface area contributed by atoms with Crippen LogP contribution in [0.2, 0.25) is 0 Å². The van der Waals surface area contributed by atoms with E-state index in [9.17, 15) is 4.57 Å². The van der Waals surface area contributed by atoms with E-state index in [0.29, 0.717) is 13.2 Å². The number of unbranched alkanes of at least 4 members (excludes halogenated alkanes) is 4. The van der Waals surface area contributed by atoms with E-state index in [0.717, 1.165) is 37.5 Å². The fraction of sp³-hybridized carbons (Fsp3) is 0.944. The van der Waals surface area contributed by atoms with Crippen LogP contribution in [0.15, 0.2) is 5.16 Å². The van der Waals surface area contributed by atoms with Crippen molar-refractivity contribution in [2.45, 2.75) is 79.1 Å². The molecule has 144 valence electrons. The minimum Gasteiger partial charge on any atom is -0.411 e. The second kappa shape index (κ2) is 14.9. The predicted octanol–water partition coefficient (Wildman–Crippen LogP) is 6.11. The maximum atomic E-state index is 12.6. The average molecular weight is 363 g/mol. The van der Waals surface area contributed by atoms with Crippen LogP contribution < -0.4 is 0 Å². The first-order valence-electron chi connectivity index (χ1n) is 9.43. The van der Waals surface area contributed by atoms with Crippen molar-refractivity contribution in [3.63, 3.8) is 0 Å². The molecule has 0 aliphatic carbocycles. The van der Waals surface area contributed by atoms with Crippen molar-refractivity contribution in [3.8, 4) is 0 Å². The smallest absolute Gasteiger partial charge is 0.336 e. The van der Waals surface area contributed by atoms with Gasteiger partial charge in [-0.3, -0.25) is 4.57 Å². The third kappa shape index (κ3) is 15.2. The van der Waals surface area contributed by atoms with Crippen molar-refractivity contribution in [1.29, 1.82) is 0 Å². The third-order valence-corrected chi connectivity index (χ3v) is 5.58. The number of hydrogen-bond donors (Lipinski definition) is 1. The number of oxime groups is 1. The Balaban J connectivity index is 3.96. The molecule has 0 rings (SSSR count). The lowest BCUT2D eigenvalue weighted by atomic mass is 10.1. The lowest BCUT2D eigenvalue weighted by Gasteiger charge is -2.17. The standard InChI is InChI=1S/C18H38NO4P/c1-17(2)11-7-5-9-14-22-24(21,16-13-19-20)23-15-10-6-8-12-18(3)4/h13,17-18,20H,5-12,14-16H2,1-4H3.